The smallest absolute Gasteiger partial charge is 0.266 e. The van der Waals surface area contributed by atoms with Crippen LogP contribution >= 0.6 is 0 Å². The van der Waals surface area contributed by atoms with Gasteiger partial charge in [0.2, 0.25) is 0 Å². The van der Waals surface area contributed by atoms with Crippen molar-refractivity contribution in [2.45, 2.75) is 0 Å². The maximum Gasteiger partial charge on any atom is 0.266 e. The third kappa shape index (κ3) is 2.69. The molecule has 0 spiro atoms. The van der Waals surface area contributed by atoms with Gasteiger partial charge in [0.25, 0.3) is 5.69 Å². The Bertz CT molecular complexity index is 917. The van der Waals surface area contributed by atoms with Crippen molar-refractivity contribution >= 4 is 22.9 Å². The largest absolute Gasteiger partial charge is 0.865 e. The molecule has 3 aromatic rings. The molecule has 23 heavy (non-hydrogen) atoms. The van der Waals surface area contributed by atoms with Gasteiger partial charge in [0.1, 0.15) is 12.1 Å². The number of para-hydroxylation sites is 2. The summed E-state index contributed by atoms with van der Waals surface area (Å²) >= 11 is 0. The van der Waals surface area contributed by atoms with E-state index in [2.05, 4.69) is 10.1 Å². The summed E-state index contributed by atoms with van der Waals surface area (Å²) in [6, 6.07) is 9.98. The molecular formula is C15H11N4O4-. The standard InChI is InChI=1S/C15H12N4O4/c1-23-14-7-10(6-13(15(14)20)19(21)22)8-17-18-9-16-11-4-2-3-5-12(11)18/h2-9,20H,1H3/p-1/b17-8-. The molecule has 1 heterocycles. The molecule has 0 amide bonds. The van der Waals surface area contributed by atoms with E-state index in [4.69, 9.17) is 4.74 Å². The number of nitro benzene ring substituents is 1. The third-order valence-corrected chi connectivity index (χ3v) is 3.24. The summed E-state index contributed by atoms with van der Waals surface area (Å²) in [5.74, 6) is -0.862. The van der Waals surface area contributed by atoms with Crippen LogP contribution in [0.5, 0.6) is 11.5 Å². The van der Waals surface area contributed by atoms with Crippen molar-refractivity contribution in [3.63, 3.8) is 0 Å². The van der Waals surface area contributed by atoms with Gasteiger partial charge in [0.05, 0.1) is 29.3 Å². The number of nitrogens with zero attached hydrogens (tertiary/aromatic N) is 4. The number of rotatable bonds is 4. The highest BCUT2D eigenvalue weighted by atomic mass is 16.6. The van der Waals surface area contributed by atoms with Crippen molar-refractivity contribution in [3.8, 4) is 11.5 Å². The van der Waals surface area contributed by atoms with Gasteiger partial charge in [0, 0.05) is 17.4 Å². The molecule has 0 aliphatic carbocycles. The van der Waals surface area contributed by atoms with E-state index in [1.54, 1.807) is 4.68 Å². The van der Waals surface area contributed by atoms with Crippen LogP contribution in [0.25, 0.3) is 11.0 Å². The number of imidazole rings is 1. The van der Waals surface area contributed by atoms with Gasteiger partial charge in [0.15, 0.2) is 0 Å². The molecule has 1 aromatic heterocycles. The number of nitro groups is 1. The van der Waals surface area contributed by atoms with Crippen LogP contribution < -0.4 is 9.84 Å². The Labute approximate surface area is 130 Å². The van der Waals surface area contributed by atoms with E-state index in [0.29, 0.717) is 5.56 Å². The fourth-order valence-corrected chi connectivity index (χ4v) is 2.14. The third-order valence-electron chi connectivity index (χ3n) is 3.24. The lowest BCUT2D eigenvalue weighted by Crippen LogP contribution is -2.02. The van der Waals surface area contributed by atoms with E-state index in [-0.39, 0.29) is 5.75 Å². The lowest BCUT2D eigenvalue weighted by molar-refractivity contribution is -0.398. The Hall–Kier alpha value is -3.42. The highest BCUT2D eigenvalue weighted by molar-refractivity contribution is 5.84. The summed E-state index contributed by atoms with van der Waals surface area (Å²) in [7, 11) is 1.28. The number of hydrogen-bond donors (Lipinski definition) is 0. The molecule has 0 radical (unpaired) electrons. The van der Waals surface area contributed by atoms with Crippen molar-refractivity contribution in [2.24, 2.45) is 5.10 Å². The minimum atomic E-state index is -0.761. The van der Waals surface area contributed by atoms with Gasteiger partial charge in [-0.1, -0.05) is 12.1 Å². The van der Waals surface area contributed by atoms with E-state index in [1.807, 2.05) is 24.3 Å². The van der Waals surface area contributed by atoms with Crippen LogP contribution in [0.1, 0.15) is 5.56 Å². The van der Waals surface area contributed by atoms with Gasteiger partial charge < -0.3 is 9.84 Å². The first-order chi connectivity index (χ1) is 11.1. The summed E-state index contributed by atoms with van der Waals surface area (Å²) in [6.07, 6.45) is 2.94. The molecule has 8 heteroatoms. The molecule has 0 N–H and O–H groups in total. The molecular weight excluding hydrogens is 300 g/mol. The van der Waals surface area contributed by atoms with Crippen molar-refractivity contribution in [1.82, 2.24) is 9.66 Å². The van der Waals surface area contributed by atoms with Crippen molar-refractivity contribution in [2.75, 3.05) is 7.11 Å². The maximum absolute atomic E-state index is 11.8. The topological polar surface area (TPSA) is 106 Å². The van der Waals surface area contributed by atoms with Crippen LogP contribution in [-0.4, -0.2) is 27.9 Å². The van der Waals surface area contributed by atoms with Crippen LogP contribution in [0.15, 0.2) is 47.8 Å². The predicted molar refractivity (Wildman–Crippen MR) is 81.8 cm³/mol. The van der Waals surface area contributed by atoms with Crippen molar-refractivity contribution < 1.29 is 14.8 Å². The molecule has 0 atom stereocenters. The minimum Gasteiger partial charge on any atom is -0.865 e. The fraction of sp³-hybridized carbons (Fsp3) is 0.0667. The molecule has 2 aromatic carbocycles. The second kappa shape index (κ2) is 5.76. The summed E-state index contributed by atoms with van der Waals surface area (Å²) in [6.45, 7) is 0. The Balaban J connectivity index is 2.02. The van der Waals surface area contributed by atoms with Gasteiger partial charge in [-0.25, -0.2) is 9.66 Å². The van der Waals surface area contributed by atoms with Crippen LogP contribution in [0.3, 0.4) is 0 Å². The molecule has 0 saturated heterocycles. The first kappa shape index (κ1) is 14.5. The summed E-state index contributed by atoms with van der Waals surface area (Å²) in [5.41, 5.74) is 1.40. The molecule has 3 rings (SSSR count). The minimum absolute atomic E-state index is 0.101. The molecule has 0 fully saturated rings. The predicted octanol–water partition coefficient (Wildman–Crippen LogP) is 1.91. The number of hydrogen-bond acceptors (Lipinski definition) is 6. The highest BCUT2D eigenvalue weighted by Gasteiger charge is 2.12. The molecule has 0 aliphatic rings. The second-order valence-electron chi connectivity index (χ2n) is 4.65. The lowest BCUT2D eigenvalue weighted by atomic mass is 10.2. The SMILES string of the molecule is COc1cc(/C=N\n2cnc3ccccc32)cc([N+](=O)[O-])c1[O-]. The van der Waals surface area contributed by atoms with Crippen LogP contribution in [-0.2, 0) is 0 Å². The number of aromatic nitrogens is 2. The number of fused-ring (bicyclic) bond motifs is 1. The average Bonchev–Trinajstić information content (AvgIpc) is 2.97. The first-order valence-corrected chi connectivity index (χ1v) is 6.60. The average molecular weight is 311 g/mol. The highest BCUT2D eigenvalue weighted by Crippen LogP contribution is 2.33. The van der Waals surface area contributed by atoms with E-state index in [0.717, 1.165) is 17.1 Å². The summed E-state index contributed by atoms with van der Waals surface area (Å²) < 4.78 is 6.43. The van der Waals surface area contributed by atoms with Gasteiger partial charge >= 0.3 is 0 Å². The molecule has 8 nitrogen and oxygen atoms in total. The number of ether oxygens (including phenoxy) is 1. The van der Waals surface area contributed by atoms with Crippen LogP contribution in [0, 0.1) is 10.1 Å². The quantitative estimate of drug-likeness (QED) is 0.415. The van der Waals surface area contributed by atoms with Crippen LogP contribution in [0.2, 0.25) is 0 Å². The van der Waals surface area contributed by atoms with Gasteiger partial charge in [-0.05, 0) is 18.2 Å². The Kier molecular flexibility index (Phi) is 3.63. The van der Waals surface area contributed by atoms with Gasteiger partial charge in [-0.15, -0.1) is 0 Å². The monoisotopic (exact) mass is 311 g/mol. The molecule has 0 saturated carbocycles. The van der Waals surface area contributed by atoms with Crippen LogP contribution in [0.4, 0.5) is 5.69 Å². The molecule has 0 unspecified atom stereocenters. The van der Waals surface area contributed by atoms with Gasteiger partial charge in [-0.2, -0.15) is 5.10 Å². The number of methoxy groups -OCH3 is 1. The van der Waals surface area contributed by atoms with E-state index in [9.17, 15) is 15.2 Å². The van der Waals surface area contributed by atoms with Gasteiger partial charge in [-0.3, -0.25) is 10.1 Å². The fourth-order valence-electron chi connectivity index (χ4n) is 2.14. The van der Waals surface area contributed by atoms with E-state index in [1.165, 1.54) is 25.7 Å². The lowest BCUT2D eigenvalue weighted by Gasteiger charge is -2.12. The second-order valence-corrected chi connectivity index (χ2v) is 4.65. The summed E-state index contributed by atoms with van der Waals surface area (Å²) in [5, 5.41) is 26.9. The normalized spacial score (nSPS) is 11.2. The van der Waals surface area contributed by atoms with E-state index < -0.39 is 16.4 Å². The zero-order valence-electron chi connectivity index (χ0n) is 12.0. The first-order valence-electron chi connectivity index (χ1n) is 6.60. The Morgan fingerprint density at radius 1 is 1.35 bits per heavy atom. The summed E-state index contributed by atoms with van der Waals surface area (Å²) in [4.78, 5) is 14.4. The zero-order valence-corrected chi connectivity index (χ0v) is 12.0. The Morgan fingerprint density at radius 2 is 2.13 bits per heavy atom. The van der Waals surface area contributed by atoms with Crippen molar-refractivity contribution in [1.29, 1.82) is 0 Å². The Morgan fingerprint density at radius 3 is 2.87 bits per heavy atom. The molecule has 0 aliphatic heterocycles. The zero-order chi connectivity index (χ0) is 16.4. The van der Waals surface area contributed by atoms with Crippen molar-refractivity contribution in [3.05, 3.63) is 58.4 Å². The van der Waals surface area contributed by atoms with E-state index >= 15 is 0 Å². The number of benzene rings is 2. The maximum atomic E-state index is 11.8. The molecule has 0 bridgehead atoms. The molecule has 116 valence electrons.